The van der Waals surface area contributed by atoms with Crippen molar-refractivity contribution >= 4 is 29.8 Å². The van der Waals surface area contributed by atoms with Crippen LogP contribution in [0.3, 0.4) is 0 Å². The Balaban J connectivity index is 2.56. The van der Waals surface area contributed by atoms with Crippen LogP contribution < -0.4 is 5.32 Å². The molecular weight excluding hydrogens is 554 g/mol. The van der Waals surface area contributed by atoms with Gasteiger partial charge in [-0.2, -0.15) is 0 Å². The summed E-state index contributed by atoms with van der Waals surface area (Å²) in [6, 6.07) is -1.41. The number of carbonyl (C=O) groups excluding carboxylic acids is 5. The van der Waals surface area contributed by atoms with Gasteiger partial charge >= 0.3 is 23.9 Å². The summed E-state index contributed by atoms with van der Waals surface area (Å²) in [4.78, 5) is 60.5. The van der Waals surface area contributed by atoms with Gasteiger partial charge in [0.25, 0.3) is 0 Å². The van der Waals surface area contributed by atoms with Crippen LogP contribution in [0.1, 0.15) is 48.5 Å². The van der Waals surface area contributed by atoms with Crippen molar-refractivity contribution in [3.05, 3.63) is 0 Å². The van der Waals surface area contributed by atoms with Crippen molar-refractivity contribution in [2.45, 2.75) is 110 Å². The summed E-state index contributed by atoms with van der Waals surface area (Å²) in [6.45, 7) is 7.80. The normalized spacial score (nSPS) is 33.7. The standard InChI is InChI=1S/C25H39NO15/c1-10(28)26-16-19(17(32)14(8-27)39-22(16)33)41-23-21(38-13(4)31)20(37-12(3)30)18(36-11(2)29)15(40-23)9-35-24(34)25(5,6)7/h14-23,27,32-33H,8-9H2,1-7H3,(H,26,28)/t14-,15-,16-,17+,18+,19-,20+,21-,22+,23+/m1/s1. The molecule has 0 saturated carbocycles. The number of hydrogen-bond acceptors (Lipinski definition) is 15. The van der Waals surface area contributed by atoms with Gasteiger partial charge in [-0.15, -0.1) is 0 Å². The maximum absolute atomic E-state index is 12.5. The van der Waals surface area contributed by atoms with Gasteiger partial charge < -0.3 is 53.8 Å². The quantitative estimate of drug-likeness (QED) is 0.169. The summed E-state index contributed by atoms with van der Waals surface area (Å²) in [5.74, 6) is -3.87. The van der Waals surface area contributed by atoms with Gasteiger partial charge in [-0.05, 0) is 20.8 Å². The maximum atomic E-state index is 12.5. The van der Waals surface area contributed by atoms with E-state index >= 15 is 0 Å². The highest BCUT2D eigenvalue weighted by Crippen LogP contribution is 2.33. The van der Waals surface area contributed by atoms with Crippen molar-refractivity contribution in [2.24, 2.45) is 5.41 Å². The average molecular weight is 594 g/mol. The van der Waals surface area contributed by atoms with Gasteiger partial charge in [0.1, 0.15) is 37.1 Å². The lowest BCUT2D eigenvalue weighted by atomic mass is 9.95. The molecule has 4 N–H and O–H groups in total. The Morgan fingerprint density at radius 3 is 1.80 bits per heavy atom. The predicted octanol–water partition coefficient (Wildman–Crippen LogP) is -1.94. The van der Waals surface area contributed by atoms with Gasteiger partial charge in [-0.1, -0.05) is 0 Å². The number of aliphatic hydroxyl groups is 3. The van der Waals surface area contributed by atoms with Crippen LogP contribution >= 0.6 is 0 Å². The van der Waals surface area contributed by atoms with Crippen LogP contribution in [-0.4, -0.2) is 120 Å². The van der Waals surface area contributed by atoms with E-state index in [1.165, 1.54) is 0 Å². The second kappa shape index (κ2) is 14.3. The molecule has 41 heavy (non-hydrogen) atoms. The fourth-order valence-electron chi connectivity index (χ4n) is 4.26. The number of carbonyl (C=O) groups is 5. The van der Waals surface area contributed by atoms with Crippen molar-refractivity contribution in [1.82, 2.24) is 5.32 Å². The number of nitrogens with one attached hydrogen (secondary N) is 1. The van der Waals surface area contributed by atoms with Crippen LogP contribution in [0.4, 0.5) is 0 Å². The summed E-state index contributed by atoms with van der Waals surface area (Å²) in [7, 11) is 0. The molecule has 16 heteroatoms. The average Bonchev–Trinajstić information content (AvgIpc) is 2.83. The molecule has 0 aromatic heterocycles. The first-order chi connectivity index (χ1) is 19.0. The molecule has 2 rings (SSSR count). The molecule has 0 aromatic carbocycles. The number of aliphatic hydroxyl groups excluding tert-OH is 3. The van der Waals surface area contributed by atoms with E-state index in [0.717, 1.165) is 27.7 Å². The second-order valence-electron chi connectivity index (χ2n) is 10.7. The van der Waals surface area contributed by atoms with Crippen LogP contribution in [0.15, 0.2) is 0 Å². The van der Waals surface area contributed by atoms with E-state index in [1.54, 1.807) is 20.8 Å². The van der Waals surface area contributed by atoms with Crippen molar-refractivity contribution in [3.8, 4) is 0 Å². The lowest BCUT2D eigenvalue weighted by Gasteiger charge is -2.48. The molecule has 2 saturated heterocycles. The molecule has 2 aliphatic rings. The molecule has 2 heterocycles. The Hall–Kier alpha value is -2.89. The van der Waals surface area contributed by atoms with E-state index in [4.69, 9.17) is 33.2 Å². The molecule has 0 spiro atoms. The third-order valence-corrected chi connectivity index (χ3v) is 6.02. The molecule has 0 aliphatic carbocycles. The minimum Gasteiger partial charge on any atom is -0.462 e. The molecule has 2 aliphatic heterocycles. The molecule has 16 nitrogen and oxygen atoms in total. The van der Waals surface area contributed by atoms with Gasteiger partial charge in [0.05, 0.1) is 12.0 Å². The maximum Gasteiger partial charge on any atom is 0.311 e. The minimum absolute atomic E-state index is 0.536. The van der Waals surface area contributed by atoms with Gasteiger partial charge in [-0.25, -0.2) is 0 Å². The smallest absolute Gasteiger partial charge is 0.311 e. The summed E-state index contributed by atoms with van der Waals surface area (Å²) < 4.78 is 38.5. The van der Waals surface area contributed by atoms with Crippen LogP contribution in [0.2, 0.25) is 0 Å². The van der Waals surface area contributed by atoms with Gasteiger partial charge in [0.15, 0.2) is 30.9 Å². The molecule has 0 unspecified atom stereocenters. The fraction of sp³-hybridized carbons (Fsp3) is 0.800. The number of rotatable bonds is 9. The lowest BCUT2D eigenvalue weighted by Crippen LogP contribution is -2.68. The van der Waals surface area contributed by atoms with Crippen molar-refractivity contribution in [2.75, 3.05) is 13.2 Å². The predicted molar refractivity (Wildman–Crippen MR) is 132 cm³/mol. The van der Waals surface area contributed by atoms with Crippen LogP contribution in [-0.2, 0) is 57.1 Å². The van der Waals surface area contributed by atoms with Crippen LogP contribution in [0.25, 0.3) is 0 Å². The third-order valence-electron chi connectivity index (χ3n) is 6.02. The fourth-order valence-corrected chi connectivity index (χ4v) is 4.26. The Labute approximate surface area is 236 Å². The molecular formula is C25H39NO15. The number of ether oxygens (including phenoxy) is 7. The van der Waals surface area contributed by atoms with Crippen molar-refractivity contribution in [1.29, 1.82) is 0 Å². The zero-order chi connectivity index (χ0) is 31.2. The minimum atomic E-state index is -1.76. The zero-order valence-corrected chi connectivity index (χ0v) is 23.9. The molecule has 234 valence electrons. The molecule has 2 fully saturated rings. The van der Waals surface area contributed by atoms with Gasteiger partial charge in [-0.3, -0.25) is 24.0 Å². The highest BCUT2D eigenvalue weighted by molar-refractivity contribution is 5.75. The van der Waals surface area contributed by atoms with Crippen molar-refractivity contribution < 1.29 is 72.5 Å². The third kappa shape index (κ3) is 9.31. The summed E-state index contributed by atoms with van der Waals surface area (Å²) in [5.41, 5.74) is -0.926. The molecule has 0 aromatic rings. The largest absolute Gasteiger partial charge is 0.462 e. The topological polar surface area (TPSA) is 223 Å². The monoisotopic (exact) mass is 593 g/mol. The van der Waals surface area contributed by atoms with Gasteiger partial charge in [0, 0.05) is 27.7 Å². The van der Waals surface area contributed by atoms with E-state index in [1.807, 2.05) is 0 Å². The Kier molecular flexibility index (Phi) is 12.0. The Morgan fingerprint density at radius 2 is 1.32 bits per heavy atom. The summed E-state index contributed by atoms with van der Waals surface area (Å²) in [5, 5.41) is 33.4. The van der Waals surface area contributed by atoms with E-state index < -0.39 is 110 Å². The number of esters is 4. The summed E-state index contributed by atoms with van der Waals surface area (Å²) >= 11 is 0. The van der Waals surface area contributed by atoms with E-state index in [2.05, 4.69) is 5.32 Å². The highest BCUT2D eigenvalue weighted by atomic mass is 16.7. The second-order valence-corrected chi connectivity index (χ2v) is 10.7. The highest BCUT2D eigenvalue weighted by Gasteiger charge is 2.56. The zero-order valence-electron chi connectivity index (χ0n) is 23.9. The lowest BCUT2D eigenvalue weighted by molar-refractivity contribution is -0.343. The molecule has 0 bridgehead atoms. The van der Waals surface area contributed by atoms with E-state index in [9.17, 15) is 39.3 Å². The van der Waals surface area contributed by atoms with E-state index in [-0.39, 0.29) is 0 Å². The first kappa shape index (κ1) is 34.3. The summed E-state index contributed by atoms with van der Waals surface area (Å²) in [6.07, 6.45) is -14.1. The first-order valence-electron chi connectivity index (χ1n) is 12.9. The Morgan fingerprint density at radius 1 is 0.780 bits per heavy atom. The molecule has 0 radical (unpaired) electrons. The van der Waals surface area contributed by atoms with Gasteiger partial charge in [0.2, 0.25) is 5.91 Å². The first-order valence-corrected chi connectivity index (χ1v) is 12.9. The van der Waals surface area contributed by atoms with Crippen molar-refractivity contribution in [3.63, 3.8) is 0 Å². The number of hydrogen-bond donors (Lipinski definition) is 4. The Bertz CT molecular complexity index is 965. The van der Waals surface area contributed by atoms with E-state index in [0.29, 0.717) is 0 Å². The number of amides is 1. The van der Waals surface area contributed by atoms with Crippen LogP contribution in [0.5, 0.6) is 0 Å². The molecule has 1 amide bonds. The molecule has 10 atom stereocenters. The SMILES string of the molecule is CC(=O)N[C@@H]1[C@@H](O[C@@H]2O[C@H](COC(=O)C(C)(C)C)[C@H](OC(C)=O)[C@H](OC(C)=O)[C@H]2OC(C)=O)[C@@H](O)[C@@H](CO)O[C@@H]1O. The van der Waals surface area contributed by atoms with Crippen LogP contribution in [0, 0.1) is 5.41 Å².